The Balaban J connectivity index is 2.30. The number of rotatable bonds is 7. The van der Waals surface area contributed by atoms with Crippen LogP contribution in [0.4, 0.5) is 0 Å². The molecule has 0 spiro atoms. The first-order valence-corrected chi connectivity index (χ1v) is 6.02. The molecule has 2 heteroatoms. The molecule has 0 radical (unpaired) electrons. The van der Waals surface area contributed by atoms with Crippen LogP contribution >= 0.6 is 0 Å². The van der Waals surface area contributed by atoms with E-state index >= 15 is 0 Å². The molecule has 1 rings (SSSR count). The maximum Gasteiger partial charge on any atom is 0.119 e. The summed E-state index contributed by atoms with van der Waals surface area (Å²) in [7, 11) is 0. The molecular formula is C14H23NO. The highest BCUT2D eigenvalue weighted by Crippen LogP contribution is 2.17. The van der Waals surface area contributed by atoms with Gasteiger partial charge in [0, 0.05) is 12.0 Å². The fourth-order valence-corrected chi connectivity index (χ4v) is 1.45. The van der Waals surface area contributed by atoms with Crippen LogP contribution in [-0.4, -0.2) is 19.7 Å². The molecule has 0 bridgehead atoms. The second-order valence-electron chi connectivity index (χ2n) is 4.94. The summed E-state index contributed by atoms with van der Waals surface area (Å²) in [5, 5.41) is 3.43. The number of hydrogen-bond donors (Lipinski definition) is 1. The van der Waals surface area contributed by atoms with Gasteiger partial charge in [0.05, 0.1) is 6.61 Å². The molecule has 0 aromatic heterocycles. The smallest absolute Gasteiger partial charge is 0.119 e. The van der Waals surface area contributed by atoms with Gasteiger partial charge in [-0.05, 0) is 25.1 Å². The molecule has 0 aliphatic carbocycles. The normalized spacial score (nSPS) is 11.4. The van der Waals surface area contributed by atoms with Gasteiger partial charge in [-0.15, -0.1) is 0 Å². The zero-order valence-corrected chi connectivity index (χ0v) is 10.6. The largest absolute Gasteiger partial charge is 0.493 e. The molecule has 0 fully saturated rings. The van der Waals surface area contributed by atoms with Crippen molar-refractivity contribution in [2.24, 2.45) is 5.41 Å². The zero-order chi connectivity index (χ0) is 11.9. The molecule has 2 nitrogen and oxygen atoms in total. The molecule has 0 unspecified atom stereocenters. The lowest BCUT2D eigenvalue weighted by Gasteiger charge is -2.25. The quantitative estimate of drug-likeness (QED) is 0.714. The van der Waals surface area contributed by atoms with Crippen molar-refractivity contribution < 1.29 is 4.74 Å². The number of para-hydroxylation sites is 1. The van der Waals surface area contributed by atoms with Gasteiger partial charge in [0.2, 0.25) is 0 Å². The number of hydrogen-bond acceptors (Lipinski definition) is 2. The van der Waals surface area contributed by atoms with Crippen molar-refractivity contribution in [3.05, 3.63) is 30.3 Å². The minimum atomic E-state index is 0.172. The summed E-state index contributed by atoms with van der Waals surface area (Å²) in [5.41, 5.74) is 0.172. The number of ether oxygens (including phenoxy) is 1. The maximum atomic E-state index is 5.76. The van der Waals surface area contributed by atoms with Crippen molar-refractivity contribution in [1.82, 2.24) is 5.32 Å². The van der Waals surface area contributed by atoms with E-state index in [0.29, 0.717) is 0 Å². The van der Waals surface area contributed by atoms with Gasteiger partial charge in [0.1, 0.15) is 5.75 Å². The summed E-state index contributed by atoms with van der Waals surface area (Å²) in [6, 6.07) is 9.99. The van der Waals surface area contributed by atoms with Gasteiger partial charge >= 0.3 is 0 Å². The lowest BCUT2D eigenvalue weighted by molar-refractivity contribution is 0.176. The topological polar surface area (TPSA) is 21.3 Å². The molecule has 0 saturated carbocycles. The molecule has 0 amide bonds. The molecule has 0 heterocycles. The van der Waals surface area contributed by atoms with Gasteiger partial charge in [0.15, 0.2) is 0 Å². The third-order valence-electron chi connectivity index (χ3n) is 2.40. The van der Waals surface area contributed by atoms with E-state index < -0.39 is 0 Å². The van der Waals surface area contributed by atoms with Crippen LogP contribution in [0.5, 0.6) is 5.75 Å². The fourth-order valence-electron chi connectivity index (χ4n) is 1.45. The Hall–Kier alpha value is -1.02. The van der Waals surface area contributed by atoms with E-state index in [2.05, 4.69) is 26.1 Å². The molecule has 1 aromatic rings. The molecule has 1 aromatic carbocycles. The van der Waals surface area contributed by atoms with E-state index in [4.69, 9.17) is 4.74 Å². The van der Waals surface area contributed by atoms with Crippen molar-refractivity contribution >= 4 is 0 Å². The third-order valence-corrected chi connectivity index (χ3v) is 2.40. The van der Waals surface area contributed by atoms with Crippen LogP contribution in [0.15, 0.2) is 30.3 Å². The standard InChI is InChI=1S/C14H23NO/c1-4-10-15-11-14(2,3)12-16-13-8-6-5-7-9-13/h5-9,15H,4,10-12H2,1-3H3. The Kier molecular flexibility index (Phi) is 5.33. The van der Waals surface area contributed by atoms with Gasteiger partial charge < -0.3 is 10.1 Å². The predicted octanol–water partition coefficient (Wildman–Crippen LogP) is 3.09. The van der Waals surface area contributed by atoms with Crippen LogP contribution in [0.3, 0.4) is 0 Å². The SMILES string of the molecule is CCCNCC(C)(C)COc1ccccc1. The molecule has 0 aliphatic rings. The Bertz CT molecular complexity index is 282. The van der Waals surface area contributed by atoms with Gasteiger partial charge in [-0.1, -0.05) is 39.0 Å². The van der Waals surface area contributed by atoms with Crippen LogP contribution < -0.4 is 10.1 Å². The lowest BCUT2D eigenvalue weighted by Crippen LogP contribution is -2.34. The summed E-state index contributed by atoms with van der Waals surface area (Å²) >= 11 is 0. The van der Waals surface area contributed by atoms with Crippen molar-refractivity contribution in [2.75, 3.05) is 19.7 Å². The van der Waals surface area contributed by atoms with Crippen LogP contribution in [0.1, 0.15) is 27.2 Å². The first-order chi connectivity index (χ1) is 7.64. The third kappa shape index (κ3) is 5.17. The van der Waals surface area contributed by atoms with E-state index in [1.165, 1.54) is 6.42 Å². The monoisotopic (exact) mass is 221 g/mol. The van der Waals surface area contributed by atoms with Gasteiger partial charge in [-0.25, -0.2) is 0 Å². The summed E-state index contributed by atoms with van der Waals surface area (Å²) < 4.78 is 5.76. The van der Waals surface area contributed by atoms with Gasteiger partial charge in [-0.2, -0.15) is 0 Å². The fraction of sp³-hybridized carbons (Fsp3) is 0.571. The minimum absolute atomic E-state index is 0.172. The summed E-state index contributed by atoms with van der Waals surface area (Å²) in [5.74, 6) is 0.950. The summed E-state index contributed by atoms with van der Waals surface area (Å²) in [4.78, 5) is 0. The van der Waals surface area contributed by atoms with E-state index in [1.54, 1.807) is 0 Å². The predicted molar refractivity (Wildman–Crippen MR) is 68.9 cm³/mol. The Morgan fingerprint density at radius 2 is 1.88 bits per heavy atom. The van der Waals surface area contributed by atoms with E-state index in [0.717, 1.165) is 25.4 Å². The van der Waals surface area contributed by atoms with Crippen LogP contribution in [0, 0.1) is 5.41 Å². The van der Waals surface area contributed by atoms with Crippen LogP contribution in [0.25, 0.3) is 0 Å². The molecule has 0 atom stereocenters. The van der Waals surface area contributed by atoms with E-state index in [9.17, 15) is 0 Å². The van der Waals surface area contributed by atoms with E-state index in [-0.39, 0.29) is 5.41 Å². The first kappa shape index (κ1) is 13.0. The molecule has 16 heavy (non-hydrogen) atoms. The molecular weight excluding hydrogens is 198 g/mol. The van der Waals surface area contributed by atoms with Gasteiger partial charge in [0.25, 0.3) is 0 Å². The summed E-state index contributed by atoms with van der Waals surface area (Å²) in [6.45, 7) is 9.44. The highest BCUT2D eigenvalue weighted by Gasteiger charge is 2.18. The highest BCUT2D eigenvalue weighted by molar-refractivity contribution is 5.20. The highest BCUT2D eigenvalue weighted by atomic mass is 16.5. The Morgan fingerprint density at radius 1 is 1.19 bits per heavy atom. The Morgan fingerprint density at radius 3 is 2.50 bits per heavy atom. The summed E-state index contributed by atoms with van der Waals surface area (Å²) in [6.07, 6.45) is 1.18. The van der Waals surface area contributed by atoms with Crippen molar-refractivity contribution in [2.45, 2.75) is 27.2 Å². The average molecular weight is 221 g/mol. The molecule has 90 valence electrons. The second kappa shape index (κ2) is 6.54. The average Bonchev–Trinajstić information content (AvgIpc) is 2.28. The molecule has 1 N–H and O–H groups in total. The van der Waals surface area contributed by atoms with Crippen LogP contribution in [-0.2, 0) is 0 Å². The maximum absolute atomic E-state index is 5.76. The molecule has 0 saturated heterocycles. The molecule has 0 aliphatic heterocycles. The lowest BCUT2D eigenvalue weighted by atomic mass is 9.95. The van der Waals surface area contributed by atoms with E-state index in [1.807, 2.05) is 30.3 Å². The van der Waals surface area contributed by atoms with Crippen molar-refractivity contribution in [3.8, 4) is 5.75 Å². The number of nitrogens with one attached hydrogen (secondary N) is 1. The second-order valence-corrected chi connectivity index (χ2v) is 4.94. The first-order valence-electron chi connectivity index (χ1n) is 6.02. The van der Waals surface area contributed by atoms with Crippen LogP contribution in [0.2, 0.25) is 0 Å². The van der Waals surface area contributed by atoms with Crippen molar-refractivity contribution in [1.29, 1.82) is 0 Å². The van der Waals surface area contributed by atoms with Gasteiger partial charge in [-0.3, -0.25) is 0 Å². The zero-order valence-electron chi connectivity index (χ0n) is 10.6. The minimum Gasteiger partial charge on any atom is -0.493 e. The van der Waals surface area contributed by atoms with Crippen molar-refractivity contribution in [3.63, 3.8) is 0 Å². The number of benzene rings is 1. The Labute approximate surface area is 99.0 Å².